The number of carbonyl (C=O) groups excluding carboxylic acids is 1. The number of carbonyl (C=O) groups is 1. The van der Waals surface area contributed by atoms with Gasteiger partial charge < -0.3 is 5.32 Å². The Hall–Kier alpha value is -1.89. The van der Waals surface area contributed by atoms with Gasteiger partial charge >= 0.3 is 0 Å². The maximum atomic E-state index is 12.0. The number of hydrogen-bond acceptors (Lipinski definition) is 5. The summed E-state index contributed by atoms with van der Waals surface area (Å²) in [5.41, 5.74) is 1.30. The van der Waals surface area contributed by atoms with Gasteiger partial charge in [-0.05, 0) is 41.7 Å². The van der Waals surface area contributed by atoms with Gasteiger partial charge in [-0.1, -0.05) is 54.9 Å². The predicted octanol–water partition coefficient (Wildman–Crippen LogP) is 2.63. The number of rotatable bonds is 8. The van der Waals surface area contributed by atoms with Crippen LogP contribution in [-0.4, -0.2) is 38.4 Å². The summed E-state index contributed by atoms with van der Waals surface area (Å²) in [7, 11) is 0. The van der Waals surface area contributed by atoms with Crippen LogP contribution in [0.4, 0.5) is 0 Å². The van der Waals surface area contributed by atoms with E-state index >= 15 is 0 Å². The van der Waals surface area contributed by atoms with Crippen LogP contribution in [0, 0.1) is 0 Å². The second kappa shape index (κ2) is 8.82. The summed E-state index contributed by atoms with van der Waals surface area (Å²) < 4.78 is 1.89. The maximum absolute atomic E-state index is 12.0. The van der Waals surface area contributed by atoms with Crippen LogP contribution in [0.1, 0.15) is 43.7 Å². The van der Waals surface area contributed by atoms with Gasteiger partial charge in [-0.3, -0.25) is 4.79 Å². The predicted molar refractivity (Wildman–Crippen MR) is 93.8 cm³/mol. The number of thioether (sulfide) groups is 1. The van der Waals surface area contributed by atoms with E-state index in [4.69, 9.17) is 0 Å². The lowest BCUT2D eigenvalue weighted by molar-refractivity contribution is -0.118. The molecule has 0 aliphatic heterocycles. The Bertz CT molecular complexity index is 639. The lowest BCUT2D eigenvalue weighted by atomic mass is 10.1. The Morgan fingerprint density at radius 3 is 2.83 bits per heavy atom. The van der Waals surface area contributed by atoms with Gasteiger partial charge in [0.25, 0.3) is 0 Å². The molecule has 0 radical (unpaired) electrons. The molecule has 7 heteroatoms. The van der Waals surface area contributed by atoms with Crippen molar-refractivity contribution < 1.29 is 4.79 Å². The Kier molecular flexibility index (Phi) is 6.23. The third-order valence-electron chi connectivity index (χ3n) is 4.27. The van der Waals surface area contributed by atoms with E-state index in [2.05, 4.69) is 33.0 Å². The molecule has 1 saturated carbocycles. The fourth-order valence-corrected chi connectivity index (χ4v) is 3.78. The molecule has 1 N–H and O–H groups in total. The Morgan fingerprint density at radius 1 is 1.25 bits per heavy atom. The van der Waals surface area contributed by atoms with Crippen molar-refractivity contribution in [1.29, 1.82) is 0 Å². The number of aryl methyl sites for hydroxylation is 1. The van der Waals surface area contributed by atoms with E-state index in [0.717, 1.165) is 30.8 Å². The summed E-state index contributed by atoms with van der Waals surface area (Å²) in [6, 6.07) is 10.7. The fourth-order valence-electron chi connectivity index (χ4n) is 3.00. The van der Waals surface area contributed by atoms with Crippen LogP contribution in [0.25, 0.3) is 0 Å². The molecule has 24 heavy (non-hydrogen) atoms. The SMILES string of the molecule is O=C(CSc1nnnn1C1CCCC1)NCCCc1ccccc1. The topological polar surface area (TPSA) is 72.7 Å². The van der Waals surface area contributed by atoms with E-state index in [-0.39, 0.29) is 5.91 Å². The van der Waals surface area contributed by atoms with Crippen molar-refractivity contribution in [2.45, 2.75) is 49.7 Å². The van der Waals surface area contributed by atoms with E-state index in [1.165, 1.54) is 30.2 Å². The Labute approximate surface area is 146 Å². The molecule has 0 unspecified atom stereocenters. The molecular weight excluding hydrogens is 322 g/mol. The molecule has 1 amide bonds. The van der Waals surface area contributed by atoms with Crippen LogP contribution in [0.15, 0.2) is 35.5 Å². The number of amides is 1. The molecule has 0 spiro atoms. The van der Waals surface area contributed by atoms with Crippen LogP contribution < -0.4 is 5.32 Å². The first-order valence-electron chi connectivity index (χ1n) is 8.54. The number of hydrogen-bond donors (Lipinski definition) is 1. The van der Waals surface area contributed by atoms with Crippen LogP contribution in [0.2, 0.25) is 0 Å². The summed E-state index contributed by atoms with van der Waals surface area (Å²) in [5.74, 6) is 0.396. The summed E-state index contributed by atoms with van der Waals surface area (Å²) in [6.45, 7) is 0.696. The highest BCUT2D eigenvalue weighted by molar-refractivity contribution is 7.99. The number of nitrogens with one attached hydrogen (secondary N) is 1. The third kappa shape index (κ3) is 4.80. The van der Waals surface area contributed by atoms with Crippen LogP contribution >= 0.6 is 11.8 Å². The molecule has 1 fully saturated rings. The summed E-state index contributed by atoms with van der Waals surface area (Å²) >= 11 is 1.42. The quantitative estimate of drug-likeness (QED) is 0.588. The minimum Gasteiger partial charge on any atom is -0.355 e. The second-order valence-corrected chi connectivity index (χ2v) is 7.01. The molecule has 1 heterocycles. The molecule has 0 saturated heterocycles. The van der Waals surface area contributed by atoms with Crippen LogP contribution in [-0.2, 0) is 11.2 Å². The first-order valence-corrected chi connectivity index (χ1v) is 9.53. The minimum absolute atomic E-state index is 0.0361. The van der Waals surface area contributed by atoms with Crippen LogP contribution in [0.5, 0.6) is 0 Å². The fraction of sp³-hybridized carbons (Fsp3) is 0.529. The highest BCUT2D eigenvalue weighted by Crippen LogP contribution is 2.31. The Morgan fingerprint density at radius 2 is 2.04 bits per heavy atom. The normalized spacial score (nSPS) is 14.8. The number of benzene rings is 1. The monoisotopic (exact) mass is 345 g/mol. The van der Waals surface area contributed by atoms with Gasteiger partial charge in [0.05, 0.1) is 11.8 Å². The summed E-state index contributed by atoms with van der Waals surface area (Å²) in [4.78, 5) is 12.0. The smallest absolute Gasteiger partial charge is 0.230 e. The summed E-state index contributed by atoms with van der Waals surface area (Å²) in [6.07, 6.45) is 6.65. The van der Waals surface area contributed by atoms with Crippen LogP contribution in [0.3, 0.4) is 0 Å². The van der Waals surface area contributed by atoms with Crippen molar-refractivity contribution in [3.63, 3.8) is 0 Å². The van der Waals surface area contributed by atoms with E-state index in [9.17, 15) is 4.79 Å². The average molecular weight is 345 g/mol. The maximum Gasteiger partial charge on any atom is 0.230 e. The van der Waals surface area contributed by atoms with Gasteiger partial charge in [0, 0.05) is 6.54 Å². The van der Waals surface area contributed by atoms with E-state index < -0.39 is 0 Å². The van der Waals surface area contributed by atoms with E-state index in [1.807, 2.05) is 22.9 Å². The molecule has 1 aromatic heterocycles. The minimum atomic E-state index is 0.0361. The van der Waals surface area contributed by atoms with Crippen molar-refractivity contribution in [3.8, 4) is 0 Å². The second-order valence-electron chi connectivity index (χ2n) is 6.07. The van der Waals surface area contributed by atoms with Gasteiger partial charge in [-0.25, -0.2) is 4.68 Å². The lowest BCUT2D eigenvalue weighted by Gasteiger charge is -2.10. The highest BCUT2D eigenvalue weighted by atomic mass is 32.2. The van der Waals surface area contributed by atoms with Crippen molar-refractivity contribution >= 4 is 17.7 Å². The van der Waals surface area contributed by atoms with Gasteiger partial charge in [-0.2, -0.15) is 0 Å². The highest BCUT2D eigenvalue weighted by Gasteiger charge is 2.21. The van der Waals surface area contributed by atoms with Gasteiger partial charge in [-0.15, -0.1) is 5.10 Å². The molecule has 1 aliphatic carbocycles. The largest absolute Gasteiger partial charge is 0.355 e. The number of tetrazole rings is 1. The molecule has 3 rings (SSSR count). The molecule has 1 aromatic carbocycles. The van der Waals surface area contributed by atoms with E-state index in [0.29, 0.717) is 18.3 Å². The molecular formula is C17H23N5OS. The first kappa shape index (κ1) is 17.0. The molecule has 1 aliphatic rings. The molecule has 2 aromatic rings. The third-order valence-corrected chi connectivity index (χ3v) is 5.21. The number of nitrogens with zero attached hydrogens (tertiary/aromatic N) is 4. The zero-order valence-electron chi connectivity index (χ0n) is 13.7. The molecule has 6 nitrogen and oxygen atoms in total. The standard InChI is InChI=1S/C17H23N5OS/c23-16(18-12-6-9-14-7-2-1-3-8-14)13-24-17-19-20-21-22(17)15-10-4-5-11-15/h1-3,7-8,15H,4-6,9-13H2,(H,18,23). The van der Waals surface area contributed by atoms with Gasteiger partial charge in [0.1, 0.15) is 0 Å². The molecule has 128 valence electrons. The van der Waals surface area contributed by atoms with Crippen molar-refractivity contribution in [3.05, 3.63) is 35.9 Å². The first-order chi connectivity index (χ1) is 11.8. The summed E-state index contributed by atoms with van der Waals surface area (Å²) in [5, 5.41) is 15.6. The van der Waals surface area contributed by atoms with Crippen molar-refractivity contribution in [2.24, 2.45) is 0 Å². The zero-order chi connectivity index (χ0) is 16.6. The Balaban J connectivity index is 1.36. The number of aromatic nitrogens is 4. The van der Waals surface area contributed by atoms with Crippen molar-refractivity contribution in [2.75, 3.05) is 12.3 Å². The van der Waals surface area contributed by atoms with Gasteiger partial charge in [0.2, 0.25) is 11.1 Å². The lowest BCUT2D eigenvalue weighted by Crippen LogP contribution is -2.26. The van der Waals surface area contributed by atoms with Gasteiger partial charge in [0.15, 0.2) is 0 Å². The average Bonchev–Trinajstić information content (AvgIpc) is 3.28. The molecule has 0 atom stereocenters. The van der Waals surface area contributed by atoms with Crippen molar-refractivity contribution in [1.82, 2.24) is 25.5 Å². The van der Waals surface area contributed by atoms with E-state index in [1.54, 1.807) is 0 Å². The molecule has 0 bridgehead atoms. The zero-order valence-corrected chi connectivity index (χ0v) is 14.5.